The van der Waals surface area contributed by atoms with Gasteiger partial charge in [-0.05, 0) is 58.0 Å². The summed E-state index contributed by atoms with van der Waals surface area (Å²) in [5, 5.41) is 0. The van der Waals surface area contributed by atoms with Gasteiger partial charge in [0.25, 0.3) is 0 Å². The average Bonchev–Trinajstić information content (AvgIpc) is 3.28. The molecule has 3 fully saturated rings. The van der Waals surface area contributed by atoms with Crippen LogP contribution in [0.1, 0.15) is 32.1 Å². The Morgan fingerprint density at radius 1 is 0.800 bits per heavy atom. The molecule has 272 valence electrons. The fourth-order valence-electron chi connectivity index (χ4n) is 5.41. The molecule has 0 radical (unpaired) electrons. The molecular weight excluding hydrogens is 853 g/mol. The van der Waals surface area contributed by atoms with E-state index in [-0.39, 0.29) is 74.3 Å². The predicted octanol–water partition coefficient (Wildman–Crippen LogP) is 2.68. The van der Waals surface area contributed by atoms with E-state index in [1.807, 2.05) is 0 Å². The first-order chi connectivity index (χ1) is 17.5. The van der Waals surface area contributed by atoms with Gasteiger partial charge < -0.3 is 54.2 Å². The Kier molecular flexibility index (Phi) is 21.4. The number of rotatable bonds is 1. The fourth-order valence-corrected chi connectivity index (χ4v) is 5.41. The number of ether oxygens (including phenoxy) is 2. The van der Waals surface area contributed by atoms with Crippen molar-refractivity contribution in [2.24, 2.45) is 22.7 Å². The zero-order valence-corrected chi connectivity index (χ0v) is 28.5. The van der Waals surface area contributed by atoms with Crippen molar-refractivity contribution in [3.63, 3.8) is 0 Å². The van der Waals surface area contributed by atoms with E-state index in [2.05, 4.69) is 31.1 Å². The molecule has 0 amide bonds. The maximum Gasteiger partial charge on any atom is 2.00 e. The smallest absolute Gasteiger partial charge is 0.741 e. The molecule has 0 unspecified atom stereocenters. The second-order valence-corrected chi connectivity index (χ2v) is 12.6. The first kappa shape index (κ1) is 53.0. The van der Waals surface area contributed by atoms with E-state index in [1.54, 1.807) is 0 Å². The van der Waals surface area contributed by atoms with Crippen molar-refractivity contribution in [1.82, 2.24) is 35.7 Å². The van der Waals surface area contributed by atoms with E-state index < -0.39 is 42.1 Å². The number of cyclic esters (lactones) is 2. The number of halogens is 6. The minimum atomic E-state index is -6.09. The summed E-state index contributed by atoms with van der Waals surface area (Å²) in [7, 11) is -8.03. The van der Waals surface area contributed by atoms with Gasteiger partial charge in [0.05, 0.1) is 24.0 Å². The van der Waals surface area contributed by atoms with Crippen LogP contribution in [0.25, 0.3) is 0 Å². The quantitative estimate of drug-likeness (QED) is 0.0830. The van der Waals surface area contributed by atoms with Gasteiger partial charge in [0.2, 0.25) is 0 Å². The Bertz CT molecular complexity index is 1170. The van der Waals surface area contributed by atoms with Crippen LogP contribution in [0, 0.1) is 22.7 Å². The third-order valence-electron chi connectivity index (χ3n) is 7.25. The van der Waals surface area contributed by atoms with Gasteiger partial charge in [-0.2, -0.15) is 26.3 Å². The Labute approximate surface area is 269 Å². The monoisotopic (exact) mass is 894 g/mol. The number of allylic oxidation sites excluding steroid dienone is 1. The normalized spacial score (nSPS) is 28.3. The molecule has 15 N–H and O–H groups in total. The summed E-state index contributed by atoms with van der Waals surface area (Å²) in [5.41, 5.74) is -12.3. The molecule has 25 heteroatoms. The standard InChI is InChI=1S/C18H25NO4.2CHF3O3S.5H3N.Os/c1-19(2)13-4-3-12-10-17(5-7-22-15(17)20)11-18(14(12)9-13)6-8-23-16(18)21;2*2-1(3,4)8(5,6)7;;;;;;/h3-4,12-14H,5-11H2,1-2H3;2*(H,5,6,7);5*1H3;/q;;;;;;;;+2/p-2/t12-,13-,14-,17-,18-;;;;;;;;/m0......../s1. The molecule has 2 saturated heterocycles. The maximum atomic E-state index is 12.7. The van der Waals surface area contributed by atoms with Crippen LogP contribution in [-0.2, 0) is 59.1 Å². The molecule has 4 aliphatic rings. The summed E-state index contributed by atoms with van der Waals surface area (Å²) in [4.78, 5) is 27.4. The number of carbonyl (C=O) groups excluding carboxylic acids is 2. The second kappa shape index (κ2) is 18.1. The maximum absolute atomic E-state index is 12.7. The van der Waals surface area contributed by atoms with E-state index in [1.165, 1.54) is 0 Å². The molecule has 0 aromatic carbocycles. The molecule has 2 spiro atoms. The summed E-state index contributed by atoms with van der Waals surface area (Å²) < 4.78 is 129. The summed E-state index contributed by atoms with van der Waals surface area (Å²) in [6.07, 6.45) is 8.39. The van der Waals surface area contributed by atoms with Gasteiger partial charge >= 0.3 is 42.7 Å². The number of fused-ring (bicyclic) bond motifs is 2. The molecule has 16 nitrogen and oxygen atoms in total. The predicted molar refractivity (Wildman–Crippen MR) is 140 cm³/mol. The number of carbonyl (C=O) groups is 2. The number of likely N-dealkylation sites (N-methyl/N-ethyl adjacent to an activating group) is 1. The summed E-state index contributed by atoms with van der Waals surface area (Å²) in [6, 6.07) is 0.353. The van der Waals surface area contributed by atoms with Crippen LogP contribution in [0.15, 0.2) is 12.2 Å². The van der Waals surface area contributed by atoms with Crippen molar-refractivity contribution in [3.05, 3.63) is 12.2 Å². The van der Waals surface area contributed by atoms with Crippen molar-refractivity contribution in [2.75, 3.05) is 27.3 Å². The van der Waals surface area contributed by atoms with Gasteiger partial charge in [-0.1, -0.05) is 12.2 Å². The van der Waals surface area contributed by atoms with Crippen LogP contribution >= 0.6 is 0 Å². The van der Waals surface area contributed by atoms with Crippen molar-refractivity contribution in [1.29, 1.82) is 0 Å². The molecule has 45 heavy (non-hydrogen) atoms. The summed E-state index contributed by atoms with van der Waals surface area (Å²) >= 11 is 0. The van der Waals surface area contributed by atoms with E-state index in [9.17, 15) is 35.9 Å². The number of hydrogen-bond donors (Lipinski definition) is 5. The molecule has 2 heterocycles. The van der Waals surface area contributed by atoms with Gasteiger partial charge in [0.15, 0.2) is 20.2 Å². The van der Waals surface area contributed by atoms with E-state index >= 15 is 0 Å². The molecule has 0 aromatic heterocycles. The number of hydrogen-bond acceptors (Lipinski definition) is 16. The van der Waals surface area contributed by atoms with Crippen molar-refractivity contribution in [2.45, 2.75) is 49.2 Å². The third kappa shape index (κ3) is 11.9. The van der Waals surface area contributed by atoms with Gasteiger partial charge in [-0.25, -0.2) is 16.8 Å². The minimum absolute atomic E-state index is 0. The number of nitrogens with zero attached hydrogens (tertiary/aromatic N) is 1. The van der Waals surface area contributed by atoms with Crippen LogP contribution in [0.3, 0.4) is 0 Å². The Morgan fingerprint density at radius 3 is 1.51 bits per heavy atom. The van der Waals surface area contributed by atoms with Crippen molar-refractivity contribution >= 4 is 32.2 Å². The molecule has 2 aliphatic heterocycles. The van der Waals surface area contributed by atoms with Gasteiger partial charge in [0.1, 0.15) is 0 Å². The largest absolute Gasteiger partial charge is 2.00 e. The zero-order chi connectivity index (χ0) is 30.2. The van der Waals surface area contributed by atoms with E-state index in [0.29, 0.717) is 25.7 Å². The second-order valence-electron chi connectivity index (χ2n) is 9.81. The Hall–Kier alpha value is -1.52. The molecule has 5 atom stereocenters. The first-order valence-corrected chi connectivity index (χ1v) is 14.0. The average molecular weight is 893 g/mol. The third-order valence-corrected chi connectivity index (χ3v) is 8.38. The van der Waals surface area contributed by atoms with Crippen LogP contribution < -0.4 is 30.8 Å². The fraction of sp³-hybridized carbons (Fsp3) is 0.800. The molecule has 4 rings (SSSR count). The van der Waals surface area contributed by atoms with Gasteiger partial charge in [0, 0.05) is 6.04 Å². The SMILES string of the molecule is CN(C)[C@H]1C=C[C@H]2C[C@@]3(CCOC3=O)C[C@@]3(CCOC3=O)[C@H]2C1.N.N.N.N.N.O=S(=O)([O-])C(F)(F)F.O=S(=O)([O-])C(F)(F)F.[Os+2]. The van der Waals surface area contributed by atoms with Crippen LogP contribution in [0.2, 0.25) is 0 Å². The van der Waals surface area contributed by atoms with Gasteiger partial charge in [-0.3, -0.25) is 9.59 Å². The van der Waals surface area contributed by atoms with E-state index in [0.717, 1.165) is 25.7 Å². The Balaban J connectivity index is -0.000000208. The topological polar surface area (TPSA) is 345 Å². The number of alkyl halides is 6. The Morgan fingerprint density at radius 2 is 1.20 bits per heavy atom. The van der Waals surface area contributed by atoms with Gasteiger partial charge in [-0.15, -0.1) is 0 Å². The molecule has 2 aliphatic carbocycles. The van der Waals surface area contributed by atoms with Crippen molar-refractivity contribution in [3.8, 4) is 0 Å². The van der Waals surface area contributed by atoms with Crippen LogP contribution in [0.4, 0.5) is 26.3 Å². The first-order valence-electron chi connectivity index (χ1n) is 11.2. The van der Waals surface area contributed by atoms with Crippen LogP contribution in [0.5, 0.6) is 0 Å². The summed E-state index contributed by atoms with van der Waals surface area (Å²) in [6.45, 7) is 0.981. The molecule has 0 aromatic rings. The van der Waals surface area contributed by atoms with Crippen LogP contribution in [-0.4, -0.2) is 87.1 Å². The summed E-state index contributed by atoms with van der Waals surface area (Å²) in [5.74, 6) is 0.363. The molecule has 0 bridgehead atoms. The zero-order valence-electron chi connectivity index (χ0n) is 24.3. The van der Waals surface area contributed by atoms with Crippen molar-refractivity contribution < 1.29 is 91.1 Å². The van der Waals surface area contributed by atoms with E-state index in [4.69, 9.17) is 35.4 Å². The number of esters is 2. The molecule has 1 saturated carbocycles. The minimum Gasteiger partial charge on any atom is -0.741 e. The molecular formula is C20H40F6N6O10OsS2.